The lowest BCUT2D eigenvalue weighted by Crippen LogP contribution is -2.29. The van der Waals surface area contributed by atoms with Crippen molar-refractivity contribution in [3.8, 4) is 5.75 Å². The van der Waals surface area contributed by atoms with Crippen molar-refractivity contribution in [3.63, 3.8) is 0 Å². The van der Waals surface area contributed by atoms with Crippen LogP contribution in [0.5, 0.6) is 5.75 Å². The van der Waals surface area contributed by atoms with E-state index in [1.807, 2.05) is 31.2 Å². The summed E-state index contributed by atoms with van der Waals surface area (Å²) in [5, 5.41) is 2.68. The SMILES string of the molecule is COc1ccc(C(C)N(C)C(=O)c2ccc(NC(C)=O)cc2)cc1. The first-order valence-electron chi connectivity index (χ1n) is 7.71. The standard InChI is InChI=1S/C19H22N2O3/c1-13(15-7-11-18(24-4)12-8-15)21(3)19(23)16-5-9-17(10-6-16)20-14(2)22/h5-13H,1-4H3,(H,20,22). The number of nitrogens with zero attached hydrogens (tertiary/aromatic N) is 1. The maximum atomic E-state index is 12.6. The highest BCUT2D eigenvalue weighted by atomic mass is 16.5. The van der Waals surface area contributed by atoms with Crippen molar-refractivity contribution in [2.45, 2.75) is 19.9 Å². The van der Waals surface area contributed by atoms with Crippen molar-refractivity contribution in [3.05, 3.63) is 59.7 Å². The van der Waals surface area contributed by atoms with Crippen LogP contribution in [0.1, 0.15) is 35.8 Å². The average molecular weight is 326 g/mol. The molecule has 0 aromatic heterocycles. The zero-order valence-corrected chi connectivity index (χ0v) is 14.4. The van der Waals surface area contributed by atoms with Crippen LogP contribution in [0.4, 0.5) is 5.69 Å². The summed E-state index contributed by atoms with van der Waals surface area (Å²) in [6, 6.07) is 14.5. The number of rotatable bonds is 5. The van der Waals surface area contributed by atoms with E-state index in [-0.39, 0.29) is 17.9 Å². The summed E-state index contributed by atoms with van der Waals surface area (Å²) in [6.07, 6.45) is 0. The van der Waals surface area contributed by atoms with E-state index in [0.29, 0.717) is 11.3 Å². The minimum absolute atomic E-state index is 0.0709. The van der Waals surface area contributed by atoms with E-state index in [4.69, 9.17) is 4.74 Å². The van der Waals surface area contributed by atoms with Gasteiger partial charge in [-0.2, -0.15) is 0 Å². The fourth-order valence-corrected chi connectivity index (χ4v) is 2.38. The molecule has 0 radical (unpaired) electrons. The molecule has 2 aromatic rings. The van der Waals surface area contributed by atoms with Gasteiger partial charge in [-0.1, -0.05) is 12.1 Å². The van der Waals surface area contributed by atoms with Gasteiger partial charge >= 0.3 is 0 Å². The predicted octanol–water partition coefficient (Wildman–Crippen LogP) is 3.49. The molecule has 1 unspecified atom stereocenters. The van der Waals surface area contributed by atoms with Crippen LogP contribution in [0.2, 0.25) is 0 Å². The molecular weight excluding hydrogens is 304 g/mol. The van der Waals surface area contributed by atoms with E-state index in [2.05, 4.69) is 5.32 Å². The summed E-state index contributed by atoms with van der Waals surface area (Å²) in [6.45, 7) is 3.43. The predicted molar refractivity (Wildman–Crippen MR) is 94.2 cm³/mol. The lowest BCUT2D eigenvalue weighted by molar-refractivity contribution is -0.114. The number of amides is 2. The monoisotopic (exact) mass is 326 g/mol. The Morgan fingerprint density at radius 1 is 1.04 bits per heavy atom. The number of carbonyl (C=O) groups is 2. The number of hydrogen-bond acceptors (Lipinski definition) is 3. The minimum Gasteiger partial charge on any atom is -0.497 e. The van der Waals surface area contributed by atoms with Crippen molar-refractivity contribution < 1.29 is 14.3 Å². The number of nitrogens with one attached hydrogen (secondary N) is 1. The third-order valence-corrected chi connectivity index (χ3v) is 3.95. The number of anilines is 1. The molecule has 0 saturated heterocycles. The molecule has 5 nitrogen and oxygen atoms in total. The van der Waals surface area contributed by atoms with E-state index in [1.165, 1.54) is 6.92 Å². The second kappa shape index (κ2) is 7.64. The highest BCUT2D eigenvalue weighted by Gasteiger charge is 2.19. The molecule has 1 atom stereocenters. The summed E-state index contributed by atoms with van der Waals surface area (Å²) in [7, 11) is 3.40. The Balaban J connectivity index is 2.11. The topological polar surface area (TPSA) is 58.6 Å². The van der Waals surface area contributed by atoms with Crippen molar-refractivity contribution in [1.29, 1.82) is 0 Å². The molecule has 126 valence electrons. The summed E-state index contributed by atoms with van der Waals surface area (Å²) >= 11 is 0. The Hall–Kier alpha value is -2.82. The molecule has 2 rings (SSSR count). The zero-order chi connectivity index (χ0) is 17.7. The van der Waals surface area contributed by atoms with Gasteiger partial charge in [-0.15, -0.1) is 0 Å². The van der Waals surface area contributed by atoms with Gasteiger partial charge in [0.05, 0.1) is 13.2 Å². The molecule has 0 bridgehead atoms. The first-order chi connectivity index (χ1) is 11.4. The van der Waals surface area contributed by atoms with Crippen LogP contribution >= 0.6 is 0 Å². The summed E-state index contributed by atoms with van der Waals surface area (Å²) in [5.41, 5.74) is 2.28. The van der Waals surface area contributed by atoms with E-state index in [0.717, 1.165) is 11.3 Å². The quantitative estimate of drug-likeness (QED) is 0.915. The molecule has 2 aromatic carbocycles. The van der Waals surface area contributed by atoms with Crippen LogP contribution in [0.25, 0.3) is 0 Å². The number of methoxy groups -OCH3 is 1. The van der Waals surface area contributed by atoms with Gasteiger partial charge in [0.15, 0.2) is 0 Å². The zero-order valence-electron chi connectivity index (χ0n) is 14.4. The summed E-state index contributed by atoms with van der Waals surface area (Å²) in [5.74, 6) is 0.570. The van der Waals surface area contributed by atoms with Crippen LogP contribution < -0.4 is 10.1 Å². The Kier molecular flexibility index (Phi) is 5.58. The largest absolute Gasteiger partial charge is 0.497 e. The Morgan fingerprint density at radius 3 is 2.12 bits per heavy atom. The molecular formula is C19H22N2O3. The normalized spacial score (nSPS) is 11.5. The smallest absolute Gasteiger partial charge is 0.254 e. The highest BCUT2D eigenvalue weighted by molar-refractivity contribution is 5.95. The third kappa shape index (κ3) is 4.13. The third-order valence-electron chi connectivity index (χ3n) is 3.95. The Labute approximate surface area is 142 Å². The fourth-order valence-electron chi connectivity index (χ4n) is 2.38. The van der Waals surface area contributed by atoms with Gasteiger partial charge < -0.3 is 15.0 Å². The lowest BCUT2D eigenvalue weighted by atomic mass is 10.1. The summed E-state index contributed by atoms with van der Waals surface area (Å²) in [4.78, 5) is 25.4. The van der Waals surface area contributed by atoms with Crippen LogP contribution in [0, 0.1) is 0 Å². The lowest BCUT2D eigenvalue weighted by Gasteiger charge is -2.25. The van der Waals surface area contributed by atoms with Crippen molar-refractivity contribution in [1.82, 2.24) is 4.90 Å². The first kappa shape index (κ1) is 17.5. The second-order valence-corrected chi connectivity index (χ2v) is 5.62. The number of benzene rings is 2. The number of ether oxygens (including phenoxy) is 1. The Bertz CT molecular complexity index is 708. The van der Waals surface area contributed by atoms with E-state index in [1.54, 1.807) is 43.3 Å². The van der Waals surface area contributed by atoms with Crippen LogP contribution in [-0.4, -0.2) is 30.9 Å². The van der Waals surface area contributed by atoms with Gasteiger partial charge in [-0.05, 0) is 48.9 Å². The molecule has 0 saturated carbocycles. The maximum Gasteiger partial charge on any atom is 0.254 e. The Morgan fingerprint density at radius 2 is 1.62 bits per heavy atom. The van der Waals surface area contributed by atoms with Gasteiger partial charge in [0.1, 0.15) is 5.75 Å². The molecule has 0 aliphatic heterocycles. The van der Waals surface area contributed by atoms with E-state index in [9.17, 15) is 9.59 Å². The molecule has 0 heterocycles. The van der Waals surface area contributed by atoms with Crippen molar-refractivity contribution in [2.75, 3.05) is 19.5 Å². The molecule has 0 fully saturated rings. The number of carbonyl (C=O) groups excluding carboxylic acids is 2. The first-order valence-corrected chi connectivity index (χ1v) is 7.71. The van der Waals surface area contributed by atoms with Crippen molar-refractivity contribution in [2.24, 2.45) is 0 Å². The molecule has 2 amide bonds. The molecule has 5 heteroatoms. The van der Waals surface area contributed by atoms with Gasteiger partial charge in [0.2, 0.25) is 5.91 Å². The molecule has 0 aliphatic carbocycles. The van der Waals surface area contributed by atoms with Gasteiger partial charge in [0.25, 0.3) is 5.91 Å². The molecule has 1 N–H and O–H groups in total. The minimum atomic E-state index is -0.140. The van der Waals surface area contributed by atoms with Gasteiger partial charge in [-0.3, -0.25) is 9.59 Å². The molecule has 0 spiro atoms. The average Bonchev–Trinajstić information content (AvgIpc) is 2.60. The van der Waals surface area contributed by atoms with Crippen LogP contribution in [0.3, 0.4) is 0 Å². The fraction of sp³-hybridized carbons (Fsp3) is 0.263. The second-order valence-electron chi connectivity index (χ2n) is 5.62. The molecule has 0 aliphatic rings. The molecule has 24 heavy (non-hydrogen) atoms. The maximum absolute atomic E-state index is 12.6. The highest BCUT2D eigenvalue weighted by Crippen LogP contribution is 2.23. The van der Waals surface area contributed by atoms with Crippen LogP contribution in [-0.2, 0) is 4.79 Å². The van der Waals surface area contributed by atoms with Crippen molar-refractivity contribution >= 4 is 17.5 Å². The van der Waals surface area contributed by atoms with Gasteiger partial charge in [0, 0.05) is 25.2 Å². The van der Waals surface area contributed by atoms with Gasteiger partial charge in [-0.25, -0.2) is 0 Å². The number of hydrogen-bond donors (Lipinski definition) is 1. The van der Waals surface area contributed by atoms with E-state index < -0.39 is 0 Å². The van der Waals surface area contributed by atoms with E-state index >= 15 is 0 Å². The van der Waals surface area contributed by atoms with Crippen LogP contribution in [0.15, 0.2) is 48.5 Å². The summed E-state index contributed by atoms with van der Waals surface area (Å²) < 4.78 is 5.15.